The van der Waals surface area contributed by atoms with Crippen LogP contribution in [0.4, 0.5) is 27.6 Å². The fourth-order valence-electron chi connectivity index (χ4n) is 6.37. The summed E-state index contributed by atoms with van der Waals surface area (Å²) in [5.41, 5.74) is 6.30. The van der Waals surface area contributed by atoms with Crippen LogP contribution in [0.25, 0.3) is 11.1 Å². The van der Waals surface area contributed by atoms with Gasteiger partial charge in [0.1, 0.15) is 0 Å². The minimum atomic E-state index is -5.77. The number of halogens is 5. The topological polar surface area (TPSA) is 52.7 Å². The first-order valence-corrected chi connectivity index (χ1v) is 14.1. The van der Waals surface area contributed by atoms with E-state index in [1.807, 2.05) is 65.7 Å². The van der Waals surface area contributed by atoms with E-state index in [4.69, 9.17) is 0 Å². The molecule has 0 spiro atoms. The number of hydrogen-bond acceptors (Lipinski definition) is 3. The summed E-state index contributed by atoms with van der Waals surface area (Å²) in [6.07, 6.45) is -3.48. The van der Waals surface area contributed by atoms with Crippen molar-refractivity contribution in [3.63, 3.8) is 0 Å². The summed E-state index contributed by atoms with van der Waals surface area (Å²) in [7, 11) is 0. The van der Waals surface area contributed by atoms with Crippen LogP contribution in [0.15, 0.2) is 60.7 Å². The first kappa shape index (κ1) is 28.2. The third-order valence-corrected chi connectivity index (χ3v) is 8.62. The van der Waals surface area contributed by atoms with E-state index < -0.39 is 30.5 Å². The van der Waals surface area contributed by atoms with Gasteiger partial charge in [-0.2, -0.15) is 22.0 Å². The van der Waals surface area contributed by atoms with Crippen LogP contribution in [0, 0.1) is 0 Å². The molecule has 2 aliphatic heterocycles. The first-order valence-electron chi connectivity index (χ1n) is 14.1. The van der Waals surface area contributed by atoms with Crippen LogP contribution in [-0.4, -0.2) is 54.5 Å². The van der Waals surface area contributed by atoms with Crippen molar-refractivity contribution in [2.24, 2.45) is 0 Å². The molecule has 0 aromatic heterocycles. The average Bonchev–Trinajstić information content (AvgIpc) is 3.45. The Morgan fingerprint density at radius 2 is 1.62 bits per heavy atom. The molecule has 1 atom stereocenters. The summed E-state index contributed by atoms with van der Waals surface area (Å²) < 4.78 is 66.0. The molecule has 220 valence electrons. The Balaban J connectivity index is 1.31. The molecule has 1 saturated heterocycles. The summed E-state index contributed by atoms with van der Waals surface area (Å²) in [6.45, 7) is 1.96. The molecule has 6 rings (SSSR count). The van der Waals surface area contributed by atoms with E-state index in [0.29, 0.717) is 37.2 Å². The van der Waals surface area contributed by atoms with E-state index in [1.165, 1.54) is 0 Å². The predicted octanol–water partition coefficient (Wildman–Crippen LogP) is 6.30. The van der Waals surface area contributed by atoms with Gasteiger partial charge in [0, 0.05) is 30.9 Å². The van der Waals surface area contributed by atoms with Crippen LogP contribution in [0.2, 0.25) is 0 Å². The minimum absolute atomic E-state index is 0.0121. The van der Waals surface area contributed by atoms with E-state index in [1.54, 1.807) is 12.1 Å². The molecule has 1 fully saturated rings. The fourth-order valence-corrected chi connectivity index (χ4v) is 6.37. The third kappa shape index (κ3) is 4.61. The number of carbonyl (C=O) groups excluding carboxylic acids is 2. The van der Waals surface area contributed by atoms with Crippen molar-refractivity contribution in [2.45, 2.75) is 56.8 Å². The second-order valence-corrected chi connectivity index (χ2v) is 11.2. The van der Waals surface area contributed by atoms with Gasteiger partial charge < -0.3 is 15.1 Å². The number of fused-ring (bicyclic) bond motifs is 4. The maximum absolute atomic E-state index is 13.7. The van der Waals surface area contributed by atoms with E-state index in [0.717, 1.165) is 46.3 Å². The first-order chi connectivity index (χ1) is 20.0. The van der Waals surface area contributed by atoms with Crippen LogP contribution >= 0.6 is 0 Å². The highest BCUT2D eigenvalue weighted by molar-refractivity contribution is 5.99. The van der Waals surface area contributed by atoms with Crippen LogP contribution in [0.5, 0.6) is 0 Å². The molecule has 0 radical (unpaired) electrons. The predicted molar refractivity (Wildman–Crippen MR) is 149 cm³/mol. The fraction of sp³-hybridized carbons (Fsp3) is 0.375. The molecule has 1 aliphatic carbocycles. The number of anilines is 1. The number of carbonyl (C=O) groups is 2. The summed E-state index contributed by atoms with van der Waals surface area (Å²) in [5.74, 6) is -6.94. The largest absolute Gasteiger partial charge is 0.455 e. The van der Waals surface area contributed by atoms with Gasteiger partial charge in [-0.25, -0.2) is 0 Å². The molecular weight excluding hydrogens is 553 g/mol. The summed E-state index contributed by atoms with van der Waals surface area (Å²) in [5, 5.41) is 1.90. The molecule has 2 amide bonds. The van der Waals surface area contributed by atoms with Gasteiger partial charge in [-0.15, -0.1) is 0 Å². The average molecular weight is 584 g/mol. The molecule has 0 saturated carbocycles. The normalized spacial score (nSPS) is 18.0. The molecular formula is C32H30F5N3O2. The number of unbranched alkanes of at least 4 members (excludes halogenated alkanes) is 1. The zero-order chi connectivity index (χ0) is 29.8. The molecule has 1 N–H and O–H groups in total. The summed E-state index contributed by atoms with van der Waals surface area (Å²) >= 11 is 0. The van der Waals surface area contributed by atoms with Gasteiger partial charge in [0.05, 0.1) is 18.5 Å². The van der Waals surface area contributed by atoms with Crippen LogP contribution < -0.4 is 10.2 Å². The number of nitrogens with zero attached hydrogens (tertiary/aromatic N) is 2. The Labute approximate surface area is 240 Å². The smallest absolute Gasteiger partial charge is 0.367 e. The molecule has 3 aromatic carbocycles. The lowest BCUT2D eigenvalue weighted by atomic mass is 9.87. The zero-order valence-electron chi connectivity index (χ0n) is 23.0. The van der Waals surface area contributed by atoms with E-state index >= 15 is 0 Å². The quantitative estimate of drug-likeness (QED) is 0.317. The Hall–Kier alpha value is -3.95. The van der Waals surface area contributed by atoms with Crippen LogP contribution in [-0.2, 0) is 17.8 Å². The Morgan fingerprint density at radius 1 is 0.929 bits per heavy atom. The number of benzene rings is 3. The van der Waals surface area contributed by atoms with Crippen molar-refractivity contribution in [1.82, 2.24) is 10.2 Å². The van der Waals surface area contributed by atoms with E-state index in [9.17, 15) is 31.5 Å². The van der Waals surface area contributed by atoms with Gasteiger partial charge >= 0.3 is 12.1 Å². The van der Waals surface area contributed by atoms with Crippen LogP contribution in [0.1, 0.15) is 58.3 Å². The van der Waals surface area contributed by atoms with Gasteiger partial charge in [-0.3, -0.25) is 9.59 Å². The van der Waals surface area contributed by atoms with Crippen molar-refractivity contribution in [1.29, 1.82) is 0 Å². The van der Waals surface area contributed by atoms with Gasteiger partial charge in [0.2, 0.25) is 5.91 Å². The number of hydrogen-bond donors (Lipinski definition) is 1. The Kier molecular flexibility index (Phi) is 6.98. The lowest BCUT2D eigenvalue weighted by Gasteiger charge is -2.46. The third-order valence-electron chi connectivity index (χ3n) is 8.62. The number of amides is 2. The highest BCUT2D eigenvalue weighted by Crippen LogP contribution is 2.50. The van der Waals surface area contributed by atoms with E-state index in [2.05, 4.69) is 4.90 Å². The van der Waals surface area contributed by atoms with Crippen molar-refractivity contribution in [3.05, 3.63) is 88.5 Å². The molecule has 5 nitrogen and oxygen atoms in total. The Bertz CT molecular complexity index is 1550. The summed E-state index contributed by atoms with van der Waals surface area (Å²) in [4.78, 5) is 30.5. The maximum atomic E-state index is 13.7. The lowest BCUT2D eigenvalue weighted by molar-refractivity contribution is -0.278. The number of rotatable bonds is 8. The van der Waals surface area contributed by atoms with Crippen molar-refractivity contribution in [2.75, 3.05) is 24.5 Å². The van der Waals surface area contributed by atoms with Crippen molar-refractivity contribution >= 4 is 17.5 Å². The minimum Gasteiger partial charge on any atom is -0.367 e. The van der Waals surface area contributed by atoms with Crippen molar-refractivity contribution < 1.29 is 31.5 Å². The van der Waals surface area contributed by atoms with Crippen LogP contribution in [0.3, 0.4) is 0 Å². The van der Waals surface area contributed by atoms with Gasteiger partial charge in [-0.05, 0) is 58.4 Å². The SMILES string of the molecule is CCCCc1c(N2CC(N3Cc4ccccc4C3=O)C2)ccc2c1C(C(=O)NCC(F)(F)C(F)(F)F)c1ccccc1-2. The molecule has 3 aliphatic rings. The molecule has 42 heavy (non-hydrogen) atoms. The van der Waals surface area contributed by atoms with Crippen molar-refractivity contribution in [3.8, 4) is 11.1 Å². The zero-order valence-corrected chi connectivity index (χ0v) is 23.0. The lowest BCUT2D eigenvalue weighted by Crippen LogP contribution is -2.59. The van der Waals surface area contributed by atoms with E-state index in [-0.39, 0.29) is 11.9 Å². The van der Waals surface area contributed by atoms with Gasteiger partial charge in [-0.1, -0.05) is 61.9 Å². The molecule has 3 aromatic rings. The molecule has 2 heterocycles. The number of alkyl halides is 5. The second kappa shape index (κ2) is 10.4. The second-order valence-electron chi connectivity index (χ2n) is 11.2. The highest BCUT2D eigenvalue weighted by atomic mass is 19.4. The highest BCUT2D eigenvalue weighted by Gasteiger charge is 2.57. The maximum Gasteiger partial charge on any atom is 0.455 e. The Morgan fingerprint density at radius 3 is 2.31 bits per heavy atom. The molecule has 1 unspecified atom stereocenters. The van der Waals surface area contributed by atoms with Gasteiger partial charge in [0.25, 0.3) is 5.91 Å². The number of nitrogens with one attached hydrogen (secondary N) is 1. The monoisotopic (exact) mass is 583 g/mol. The molecule has 10 heteroatoms. The standard InChI is InChI=1S/C32H30F5N3O2/c1-2-3-9-25-26(39-16-20(17-39)40-15-19-8-4-5-10-21(19)30(40)42)14-13-24-22-11-6-7-12-23(22)28(27(24)25)29(41)38-18-31(33,34)32(35,36)37/h4-8,10-14,20,28H,2-3,9,15-18H2,1H3,(H,38,41). The van der Waals surface area contributed by atoms with Gasteiger partial charge in [0.15, 0.2) is 0 Å². The summed E-state index contributed by atoms with van der Waals surface area (Å²) in [6, 6.07) is 18.6. The molecule has 0 bridgehead atoms.